The lowest BCUT2D eigenvalue weighted by molar-refractivity contribution is 0.0642. The lowest BCUT2D eigenvalue weighted by Gasteiger charge is -2.14. The highest BCUT2D eigenvalue weighted by molar-refractivity contribution is 6.21. The summed E-state index contributed by atoms with van der Waals surface area (Å²) in [6, 6.07) is 13.3. The first kappa shape index (κ1) is 13.1. The number of rotatable bonds is 3. The van der Waals surface area contributed by atoms with Crippen LogP contribution in [0.15, 0.2) is 48.5 Å². The second-order valence-corrected chi connectivity index (χ2v) is 4.81. The van der Waals surface area contributed by atoms with Gasteiger partial charge in [0.25, 0.3) is 11.8 Å². The Morgan fingerprint density at radius 2 is 1.57 bits per heavy atom. The molecule has 104 valence electrons. The summed E-state index contributed by atoms with van der Waals surface area (Å²) in [5.74, 6) is -1.18. The maximum atomic E-state index is 12.2. The molecule has 0 fully saturated rings. The zero-order valence-corrected chi connectivity index (χ0v) is 11.1. The highest BCUT2D eigenvalue weighted by Crippen LogP contribution is 2.24. The van der Waals surface area contributed by atoms with Gasteiger partial charge in [-0.2, -0.15) is 0 Å². The predicted octanol–water partition coefficient (Wildman–Crippen LogP) is 1.58. The average molecular weight is 280 g/mol. The monoisotopic (exact) mass is 280 g/mol. The minimum Gasteiger partial charge on any atom is -0.366 e. The van der Waals surface area contributed by atoms with Gasteiger partial charge in [0.1, 0.15) is 0 Å². The van der Waals surface area contributed by atoms with Crippen molar-refractivity contribution in [3.05, 3.63) is 70.8 Å². The molecule has 0 unspecified atom stereocenters. The molecule has 3 amide bonds. The molecule has 0 spiro atoms. The van der Waals surface area contributed by atoms with Crippen molar-refractivity contribution in [1.82, 2.24) is 4.90 Å². The third-order valence-corrected chi connectivity index (χ3v) is 3.43. The summed E-state index contributed by atoms with van der Waals surface area (Å²) in [4.78, 5) is 36.8. The largest absolute Gasteiger partial charge is 0.366 e. The number of benzene rings is 2. The fourth-order valence-electron chi connectivity index (χ4n) is 2.39. The van der Waals surface area contributed by atoms with Crippen LogP contribution in [-0.2, 0) is 6.54 Å². The number of amides is 3. The number of carbonyl (C=O) groups is 3. The van der Waals surface area contributed by atoms with Crippen molar-refractivity contribution in [2.45, 2.75) is 6.54 Å². The zero-order valence-electron chi connectivity index (χ0n) is 11.1. The summed E-state index contributed by atoms with van der Waals surface area (Å²) in [6.45, 7) is 0.119. The summed E-state index contributed by atoms with van der Waals surface area (Å²) in [7, 11) is 0. The Balaban J connectivity index is 1.90. The molecule has 1 aliphatic heterocycles. The van der Waals surface area contributed by atoms with Gasteiger partial charge in [-0.1, -0.05) is 24.3 Å². The maximum absolute atomic E-state index is 12.2. The molecule has 2 N–H and O–H groups in total. The van der Waals surface area contributed by atoms with Gasteiger partial charge in [-0.3, -0.25) is 19.3 Å². The van der Waals surface area contributed by atoms with Crippen molar-refractivity contribution in [2.24, 2.45) is 5.73 Å². The standard InChI is InChI=1S/C16H12N2O3/c17-14(19)11-5-3-4-10(8-11)9-18-15(20)12-6-1-2-7-13(12)16(18)21/h1-8H,9H2,(H2,17,19). The Morgan fingerprint density at radius 3 is 2.14 bits per heavy atom. The number of hydrogen-bond donors (Lipinski definition) is 1. The summed E-state index contributed by atoms with van der Waals surface area (Å²) in [5.41, 5.74) is 7.08. The van der Waals surface area contributed by atoms with Gasteiger partial charge in [0.05, 0.1) is 17.7 Å². The van der Waals surface area contributed by atoms with Crippen molar-refractivity contribution in [3.63, 3.8) is 0 Å². The van der Waals surface area contributed by atoms with Gasteiger partial charge in [-0.05, 0) is 29.8 Å². The van der Waals surface area contributed by atoms with Crippen molar-refractivity contribution < 1.29 is 14.4 Å². The lowest BCUT2D eigenvalue weighted by atomic mass is 10.1. The van der Waals surface area contributed by atoms with Crippen molar-refractivity contribution in [3.8, 4) is 0 Å². The van der Waals surface area contributed by atoms with E-state index in [1.807, 2.05) is 0 Å². The van der Waals surface area contributed by atoms with E-state index >= 15 is 0 Å². The number of primary amides is 1. The van der Waals surface area contributed by atoms with Gasteiger partial charge in [-0.25, -0.2) is 0 Å². The normalized spacial score (nSPS) is 13.4. The fraction of sp³-hybridized carbons (Fsp3) is 0.0625. The predicted molar refractivity (Wildman–Crippen MR) is 75.6 cm³/mol. The Kier molecular flexibility index (Phi) is 3.02. The minimum absolute atomic E-state index is 0.119. The average Bonchev–Trinajstić information content (AvgIpc) is 2.73. The van der Waals surface area contributed by atoms with Crippen LogP contribution in [0.1, 0.15) is 36.6 Å². The summed E-state index contributed by atoms with van der Waals surface area (Å²) >= 11 is 0. The Bertz CT molecular complexity index is 733. The molecule has 3 rings (SSSR count). The summed E-state index contributed by atoms with van der Waals surface area (Å²) < 4.78 is 0. The van der Waals surface area contributed by atoms with Gasteiger partial charge in [0.15, 0.2) is 0 Å². The van der Waals surface area contributed by atoms with Crippen LogP contribution in [0, 0.1) is 0 Å². The number of hydrogen-bond acceptors (Lipinski definition) is 3. The van der Waals surface area contributed by atoms with Crippen LogP contribution in [0.3, 0.4) is 0 Å². The van der Waals surface area contributed by atoms with Gasteiger partial charge in [0.2, 0.25) is 5.91 Å². The SMILES string of the molecule is NC(=O)c1cccc(CN2C(=O)c3ccccc3C2=O)c1. The number of nitrogens with two attached hydrogens (primary N) is 1. The summed E-state index contributed by atoms with van der Waals surface area (Å²) in [5, 5.41) is 0. The first-order valence-electron chi connectivity index (χ1n) is 6.42. The Labute approximate surface area is 121 Å². The van der Waals surface area contributed by atoms with Crippen LogP contribution in [0.4, 0.5) is 0 Å². The molecule has 0 radical (unpaired) electrons. The third-order valence-electron chi connectivity index (χ3n) is 3.43. The number of fused-ring (bicyclic) bond motifs is 1. The molecule has 0 bridgehead atoms. The first-order chi connectivity index (χ1) is 10.1. The van der Waals surface area contributed by atoms with Gasteiger partial charge in [-0.15, -0.1) is 0 Å². The third kappa shape index (κ3) is 2.18. The molecule has 1 heterocycles. The molecule has 5 heteroatoms. The van der Waals surface area contributed by atoms with Crippen LogP contribution >= 0.6 is 0 Å². The van der Waals surface area contributed by atoms with E-state index in [4.69, 9.17) is 5.73 Å². The Morgan fingerprint density at radius 1 is 0.952 bits per heavy atom. The van der Waals surface area contributed by atoms with Crippen molar-refractivity contribution >= 4 is 17.7 Å². The van der Waals surface area contributed by atoms with E-state index in [2.05, 4.69) is 0 Å². The molecule has 0 saturated heterocycles. The van der Waals surface area contributed by atoms with E-state index in [0.717, 1.165) is 0 Å². The second kappa shape index (κ2) is 4.86. The molecule has 2 aromatic carbocycles. The second-order valence-electron chi connectivity index (χ2n) is 4.81. The van der Waals surface area contributed by atoms with E-state index in [0.29, 0.717) is 22.3 Å². The van der Waals surface area contributed by atoms with E-state index in [9.17, 15) is 14.4 Å². The molecule has 2 aromatic rings. The maximum Gasteiger partial charge on any atom is 0.261 e. The minimum atomic E-state index is -0.542. The van der Waals surface area contributed by atoms with E-state index in [-0.39, 0.29) is 18.4 Å². The van der Waals surface area contributed by atoms with E-state index in [1.54, 1.807) is 48.5 Å². The van der Waals surface area contributed by atoms with Gasteiger partial charge < -0.3 is 5.73 Å². The highest BCUT2D eigenvalue weighted by Gasteiger charge is 2.34. The Hall–Kier alpha value is -2.95. The molecule has 1 aliphatic rings. The first-order valence-corrected chi connectivity index (χ1v) is 6.42. The summed E-state index contributed by atoms with van der Waals surface area (Å²) in [6.07, 6.45) is 0. The van der Waals surface area contributed by atoms with Crippen LogP contribution in [0.2, 0.25) is 0 Å². The number of nitrogens with zero attached hydrogens (tertiary/aromatic N) is 1. The van der Waals surface area contributed by atoms with Crippen LogP contribution in [-0.4, -0.2) is 22.6 Å². The smallest absolute Gasteiger partial charge is 0.261 e. The fourth-order valence-corrected chi connectivity index (χ4v) is 2.39. The molecule has 0 atom stereocenters. The molecule has 21 heavy (non-hydrogen) atoms. The van der Waals surface area contributed by atoms with Crippen LogP contribution < -0.4 is 5.73 Å². The molecular formula is C16H12N2O3. The zero-order chi connectivity index (χ0) is 15.0. The van der Waals surface area contributed by atoms with Gasteiger partial charge in [0, 0.05) is 5.56 Å². The molecular weight excluding hydrogens is 268 g/mol. The molecule has 0 aromatic heterocycles. The molecule has 5 nitrogen and oxygen atoms in total. The van der Waals surface area contributed by atoms with Gasteiger partial charge >= 0.3 is 0 Å². The molecule has 0 aliphatic carbocycles. The van der Waals surface area contributed by atoms with Crippen LogP contribution in [0.5, 0.6) is 0 Å². The van der Waals surface area contributed by atoms with Crippen LogP contribution in [0.25, 0.3) is 0 Å². The van der Waals surface area contributed by atoms with Crippen molar-refractivity contribution in [1.29, 1.82) is 0 Å². The number of carbonyl (C=O) groups excluding carboxylic acids is 3. The highest BCUT2D eigenvalue weighted by atomic mass is 16.2. The number of imide groups is 1. The van der Waals surface area contributed by atoms with E-state index in [1.165, 1.54) is 4.90 Å². The lowest BCUT2D eigenvalue weighted by Crippen LogP contribution is -2.29. The van der Waals surface area contributed by atoms with E-state index < -0.39 is 5.91 Å². The quantitative estimate of drug-likeness (QED) is 0.867. The van der Waals surface area contributed by atoms with Crippen molar-refractivity contribution in [2.75, 3.05) is 0 Å². The molecule has 0 saturated carbocycles. The topological polar surface area (TPSA) is 80.5 Å².